The summed E-state index contributed by atoms with van der Waals surface area (Å²) in [5, 5.41) is 10.3. The summed E-state index contributed by atoms with van der Waals surface area (Å²) >= 11 is 1.52. The third-order valence-corrected chi connectivity index (χ3v) is 3.42. The Balaban J connectivity index is 2.52. The second-order valence-corrected chi connectivity index (χ2v) is 4.41. The molecule has 0 bridgehead atoms. The van der Waals surface area contributed by atoms with Crippen LogP contribution < -0.4 is 0 Å². The number of aliphatic hydroxyl groups is 1. The first kappa shape index (κ1) is 9.62. The Morgan fingerprint density at radius 1 is 1.50 bits per heavy atom. The van der Waals surface area contributed by atoms with E-state index >= 15 is 0 Å². The SMILES string of the molecule is Cc1nsc2cc(C(C)CO)ccc12. The second kappa shape index (κ2) is 3.67. The molecule has 3 heteroatoms. The summed E-state index contributed by atoms with van der Waals surface area (Å²) in [6, 6.07) is 6.29. The molecule has 14 heavy (non-hydrogen) atoms. The van der Waals surface area contributed by atoms with Crippen LogP contribution in [0.1, 0.15) is 24.1 Å². The van der Waals surface area contributed by atoms with Gasteiger partial charge in [-0.2, -0.15) is 4.37 Å². The third-order valence-electron chi connectivity index (χ3n) is 2.52. The van der Waals surface area contributed by atoms with E-state index in [1.54, 1.807) is 0 Å². The molecule has 1 aromatic carbocycles. The fraction of sp³-hybridized carbons (Fsp3) is 0.364. The van der Waals surface area contributed by atoms with Crippen LogP contribution >= 0.6 is 11.5 Å². The van der Waals surface area contributed by atoms with Gasteiger partial charge in [-0.15, -0.1) is 0 Å². The van der Waals surface area contributed by atoms with Crippen molar-refractivity contribution in [3.8, 4) is 0 Å². The Morgan fingerprint density at radius 2 is 2.29 bits per heavy atom. The van der Waals surface area contributed by atoms with Crippen molar-refractivity contribution in [2.75, 3.05) is 6.61 Å². The van der Waals surface area contributed by atoms with E-state index in [1.165, 1.54) is 27.2 Å². The first-order valence-electron chi connectivity index (χ1n) is 4.69. The van der Waals surface area contributed by atoms with Crippen molar-refractivity contribution in [1.82, 2.24) is 4.37 Å². The molecular weight excluding hydrogens is 194 g/mol. The summed E-state index contributed by atoms with van der Waals surface area (Å²) in [6.07, 6.45) is 0. The van der Waals surface area contributed by atoms with Crippen LogP contribution in [0.15, 0.2) is 18.2 Å². The van der Waals surface area contributed by atoms with Crippen LogP contribution in [0.3, 0.4) is 0 Å². The van der Waals surface area contributed by atoms with Crippen LogP contribution in [0, 0.1) is 6.92 Å². The number of aromatic nitrogens is 1. The minimum Gasteiger partial charge on any atom is -0.396 e. The zero-order valence-corrected chi connectivity index (χ0v) is 9.14. The summed E-state index contributed by atoms with van der Waals surface area (Å²) in [5.74, 6) is 0.210. The van der Waals surface area contributed by atoms with Crippen molar-refractivity contribution in [2.45, 2.75) is 19.8 Å². The highest BCUT2D eigenvalue weighted by atomic mass is 32.1. The van der Waals surface area contributed by atoms with E-state index in [0.717, 1.165) is 5.69 Å². The molecule has 0 spiro atoms. The molecule has 0 saturated carbocycles. The van der Waals surface area contributed by atoms with Crippen LogP contribution in [-0.2, 0) is 0 Å². The van der Waals surface area contributed by atoms with Crippen LogP contribution in [0.5, 0.6) is 0 Å². The maximum atomic E-state index is 9.05. The normalized spacial score (nSPS) is 13.4. The summed E-state index contributed by atoms with van der Waals surface area (Å²) in [4.78, 5) is 0. The van der Waals surface area contributed by atoms with E-state index in [2.05, 4.69) is 22.6 Å². The highest BCUT2D eigenvalue weighted by Crippen LogP contribution is 2.26. The number of fused-ring (bicyclic) bond motifs is 1. The van der Waals surface area contributed by atoms with Crippen molar-refractivity contribution in [3.63, 3.8) is 0 Å². The molecule has 0 amide bonds. The average molecular weight is 207 g/mol. The van der Waals surface area contributed by atoms with Crippen molar-refractivity contribution >= 4 is 21.6 Å². The smallest absolute Gasteiger partial charge is 0.0589 e. The molecule has 74 valence electrons. The van der Waals surface area contributed by atoms with Crippen molar-refractivity contribution in [2.24, 2.45) is 0 Å². The number of aryl methyl sites for hydroxylation is 1. The predicted molar refractivity (Wildman–Crippen MR) is 59.9 cm³/mol. The predicted octanol–water partition coefficient (Wildman–Crippen LogP) is 2.70. The first-order valence-corrected chi connectivity index (χ1v) is 5.46. The van der Waals surface area contributed by atoms with Gasteiger partial charge in [0, 0.05) is 17.9 Å². The molecule has 1 aromatic heterocycles. The molecule has 0 aliphatic rings. The largest absolute Gasteiger partial charge is 0.396 e. The zero-order valence-electron chi connectivity index (χ0n) is 8.32. The van der Waals surface area contributed by atoms with Gasteiger partial charge >= 0.3 is 0 Å². The lowest BCUT2D eigenvalue weighted by Gasteiger charge is -2.07. The van der Waals surface area contributed by atoms with Crippen molar-refractivity contribution in [3.05, 3.63) is 29.5 Å². The number of rotatable bonds is 2. The highest BCUT2D eigenvalue weighted by Gasteiger charge is 2.07. The van der Waals surface area contributed by atoms with Crippen LogP contribution in [0.4, 0.5) is 0 Å². The molecule has 0 aliphatic carbocycles. The van der Waals surface area contributed by atoms with Gasteiger partial charge in [0.15, 0.2) is 0 Å². The quantitative estimate of drug-likeness (QED) is 0.821. The zero-order chi connectivity index (χ0) is 10.1. The molecule has 1 atom stereocenters. The van der Waals surface area contributed by atoms with Gasteiger partial charge in [-0.25, -0.2) is 0 Å². The monoisotopic (exact) mass is 207 g/mol. The van der Waals surface area contributed by atoms with Crippen LogP contribution in [0.25, 0.3) is 10.1 Å². The van der Waals surface area contributed by atoms with Gasteiger partial charge in [0.2, 0.25) is 0 Å². The molecule has 2 aromatic rings. The van der Waals surface area contributed by atoms with E-state index in [-0.39, 0.29) is 12.5 Å². The Labute approximate surface area is 87.4 Å². The fourth-order valence-electron chi connectivity index (χ4n) is 1.49. The van der Waals surface area contributed by atoms with E-state index in [4.69, 9.17) is 5.11 Å². The maximum absolute atomic E-state index is 9.05. The van der Waals surface area contributed by atoms with E-state index < -0.39 is 0 Å². The lowest BCUT2D eigenvalue weighted by molar-refractivity contribution is 0.273. The van der Waals surface area contributed by atoms with Gasteiger partial charge in [-0.05, 0) is 30.1 Å². The topological polar surface area (TPSA) is 33.1 Å². The molecule has 1 unspecified atom stereocenters. The van der Waals surface area contributed by atoms with Crippen molar-refractivity contribution in [1.29, 1.82) is 0 Å². The second-order valence-electron chi connectivity index (χ2n) is 3.61. The first-order chi connectivity index (χ1) is 6.72. The van der Waals surface area contributed by atoms with Crippen LogP contribution in [0.2, 0.25) is 0 Å². The molecule has 0 radical (unpaired) electrons. The number of nitrogens with zero attached hydrogens (tertiary/aromatic N) is 1. The maximum Gasteiger partial charge on any atom is 0.0589 e. The number of benzene rings is 1. The lowest BCUT2D eigenvalue weighted by Crippen LogP contribution is -1.97. The minimum absolute atomic E-state index is 0.198. The molecule has 1 heterocycles. The Kier molecular flexibility index (Phi) is 2.52. The lowest BCUT2D eigenvalue weighted by atomic mass is 10.0. The molecule has 1 N–H and O–H groups in total. The van der Waals surface area contributed by atoms with Gasteiger partial charge < -0.3 is 5.11 Å². The molecule has 0 saturated heterocycles. The number of hydrogen-bond donors (Lipinski definition) is 1. The molecule has 2 rings (SSSR count). The Hall–Kier alpha value is -0.930. The summed E-state index contributed by atoms with van der Waals surface area (Å²) in [7, 11) is 0. The van der Waals surface area contributed by atoms with Gasteiger partial charge in [0.05, 0.1) is 10.4 Å². The van der Waals surface area contributed by atoms with Gasteiger partial charge in [-0.3, -0.25) is 0 Å². The number of hydrogen-bond acceptors (Lipinski definition) is 3. The van der Waals surface area contributed by atoms with E-state index in [9.17, 15) is 0 Å². The third kappa shape index (κ3) is 1.53. The highest BCUT2D eigenvalue weighted by molar-refractivity contribution is 7.13. The molecule has 2 nitrogen and oxygen atoms in total. The summed E-state index contributed by atoms with van der Waals surface area (Å²) in [5.41, 5.74) is 2.27. The van der Waals surface area contributed by atoms with Gasteiger partial charge in [0.25, 0.3) is 0 Å². The standard InChI is InChI=1S/C11H13NOS/c1-7(6-13)9-3-4-10-8(2)12-14-11(10)5-9/h3-5,7,13H,6H2,1-2H3. The number of aliphatic hydroxyl groups excluding tert-OH is 1. The van der Waals surface area contributed by atoms with Gasteiger partial charge in [0.1, 0.15) is 0 Å². The van der Waals surface area contributed by atoms with E-state index in [0.29, 0.717) is 0 Å². The summed E-state index contributed by atoms with van der Waals surface area (Å²) < 4.78 is 5.51. The van der Waals surface area contributed by atoms with Gasteiger partial charge in [-0.1, -0.05) is 19.1 Å². The molecule has 0 fully saturated rings. The molecule has 0 aliphatic heterocycles. The fourth-order valence-corrected chi connectivity index (χ4v) is 2.33. The summed E-state index contributed by atoms with van der Waals surface area (Å²) in [6.45, 7) is 4.24. The molecular formula is C11H13NOS. The van der Waals surface area contributed by atoms with E-state index in [1.807, 2.05) is 13.8 Å². The van der Waals surface area contributed by atoms with Crippen LogP contribution in [-0.4, -0.2) is 16.1 Å². The Morgan fingerprint density at radius 3 is 3.00 bits per heavy atom. The Bertz CT molecular complexity index is 449. The van der Waals surface area contributed by atoms with Crippen molar-refractivity contribution < 1.29 is 5.11 Å². The average Bonchev–Trinajstić information content (AvgIpc) is 2.59. The minimum atomic E-state index is 0.198.